The molecule has 2 atom stereocenters. The molecular formula is C18H20ClN3O2. The van der Waals surface area contributed by atoms with Crippen molar-refractivity contribution in [3.8, 4) is 0 Å². The molecule has 0 aliphatic heterocycles. The first-order valence-corrected chi connectivity index (χ1v) is 8.00. The highest BCUT2D eigenvalue weighted by Gasteiger charge is 2.20. The fourth-order valence-corrected chi connectivity index (χ4v) is 2.75. The Balaban J connectivity index is 2.07. The minimum atomic E-state index is -0.705. The molecule has 2 aromatic rings. The standard InChI is InChI=1S/C18H20ClN3O2/c1-12(13-7-3-2-4-8-13)21-17(23)11-16(22-18(20)24)14-9-5-6-10-15(14)19/h2-10,12,16H,11H2,1H3,(H,21,23)(H3,20,22,24)/t12-,16-/m0/s1. The summed E-state index contributed by atoms with van der Waals surface area (Å²) in [6.07, 6.45) is 0.0455. The topological polar surface area (TPSA) is 84.2 Å². The summed E-state index contributed by atoms with van der Waals surface area (Å²) in [5, 5.41) is 5.96. The average molecular weight is 346 g/mol. The number of amides is 3. The zero-order valence-electron chi connectivity index (χ0n) is 13.3. The average Bonchev–Trinajstić information content (AvgIpc) is 2.55. The maximum absolute atomic E-state index is 12.4. The van der Waals surface area contributed by atoms with Gasteiger partial charge in [-0.3, -0.25) is 4.79 Å². The van der Waals surface area contributed by atoms with Crippen molar-refractivity contribution in [3.05, 3.63) is 70.7 Å². The van der Waals surface area contributed by atoms with Crippen molar-refractivity contribution in [1.82, 2.24) is 10.6 Å². The first kappa shape index (κ1) is 17.8. The molecule has 0 fully saturated rings. The lowest BCUT2D eigenvalue weighted by atomic mass is 10.0. The zero-order valence-corrected chi connectivity index (χ0v) is 14.1. The van der Waals surface area contributed by atoms with Gasteiger partial charge in [0.2, 0.25) is 5.91 Å². The molecule has 24 heavy (non-hydrogen) atoms. The van der Waals surface area contributed by atoms with Crippen molar-refractivity contribution in [2.24, 2.45) is 5.73 Å². The molecule has 6 heteroatoms. The smallest absolute Gasteiger partial charge is 0.312 e. The van der Waals surface area contributed by atoms with Gasteiger partial charge in [0.15, 0.2) is 0 Å². The quantitative estimate of drug-likeness (QED) is 0.750. The normalized spacial score (nSPS) is 12.9. The van der Waals surface area contributed by atoms with Crippen LogP contribution in [0.15, 0.2) is 54.6 Å². The number of nitrogens with one attached hydrogen (secondary N) is 2. The monoisotopic (exact) mass is 345 g/mol. The lowest BCUT2D eigenvalue weighted by Crippen LogP contribution is -2.37. The highest BCUT2D eigenvalue weighted by atomic mass is 35.5. The molecule has 0 unspecified atom stereocenters. The molecule has 0 bridgehead atoms. The summed E-state index contributed by atoms with van der Waals surface area (Å²) >= 11 is 6.16. The van der Waals surface area contributed by atoms with Gasteiger partial charge in [-0.05, 0) is 24.1 Å². The maximum atomic E-state index is 12.4. The molecule has 0 aromatic heterocycles. The molecule has 2 rings (SSSR count). The van der Waals surface area contributed by atoms with E-state index in [0.29, 0.717) is 10.6 Å². The second kappa shape index (κ2) is 8.36. The van der Waals surface area contributed by atoms with E-state index in [1.165, 1.54) is 0 Å². The van der Waals surface area contributed by atoms with Gasteiger partial charge in [-0.2, -0.15) is 0 Å². The molecule has 5 nitrogen and oxygen atoms in total. The van der Waals surface area contributed by atoms with Crippen molar-refractivity contribution in [1.29, 1.82) is 0 Å². The van der Waals surface area contributed by atoms with E-state index in [1.54, 1.807) is 24.3 Å². The Morgan fingerprint density at radius 1 is 1.04 bits per heavy atom. The number of halogens is 1. The molecule has 126 valence electrons. The van der Waals surface area contributed by atoms with Crippen LogP contribution in [0.4, 0.5) is 4.79 Å². The van der Waals surface area contributed by atoms with E-state index in [0.717, 1.165) is 5.56 Å². The SMILES string of the molecule is C[C@H](NC(=O)C[C@H](NC(N)=O)c1ccccc1Cl)c1ccccc1. The number of carbonyl (C=O) groups is 2. The summed E-state index contributed by atoms with van der Waals surface area (Å²) in [5.74, 6) is -0.204. The molecule has 0 aliphatic rings. The number of benzene rings is 2. The summed E-state index contributed by atoms with van der Waals surface area (Å²) in [6.45, 7) is 1.90. The van der Waals surface area contributed by atoms with Crippen LogP contribution in [0.1, 0.15) is 36.6 Å². The minimum absolute atomic E-state index is 0.0455. The van der Waals surface area contributed by atoms with Crippen LogP contribution in [-0.2, 0) is 4.79 Å². The Labute approximate surface area is 146 Å². The lowest BCUT2D eigenvalue weighted by molar-refractivity contribution is -0.122. The number of hydrogen-bond donors (Lipinski definition) is 3. The molecule has 0 spiro atoms. The number of nitrogens with two attached hydrogens (primary N) is 1. The summed E-state index contributed by atoms with van der Waals surface area (Å²) < 4.78 is 0. The Kier molecular flexibility index (Phi) is 6.21. The van der Waals surface area contributed by atoms with E-state index >= 15 is 0 Å². The molecule has 0 radical (unpaired) electrons. The Hall–Kier alpha value is -2.53. The molecule has 0 aliphatic carbocycles. The maximum Gasteiger partial charge on any atom is 0.312 e. The van der Waals surface area contributed by atoms with Crippen LogP contribution >= 0.6 is 11.6 Å². The molecule has 3 amide bonds. The van der Waals surface area contributed by atoms with Crippen LogP contribution in [0.5, 0.6) is 0 Å². The largest absolute Gasteiger partial charge is 0.352 e. The van der Waals surface area contributed by atoms with Crippen LogP contribution in [0, 0.1) is 0 Å². The summed E-state index contributed by atoms with van der Waals surface area (Å²) in [4.78, 5) is 23.6. The molecule has 0 saturated heterocycles. The van der Waals surface area contributed by atoms with Crippen molar-refractivity contribution < 1.29 is 9.59 Å². The molecule has 0 saturated carbocycles. The Bertz CT molecular complexity index is 706. The first-order chi connectivity index (χ1) is 11.5. The fourth-order valence-electron chi connectivity index (χ4n) is 2.48. The van der Waals surface area contributed by atoms with Gasteiger partial charge in [0.25, 0.3) is 0 Å². The number of hydrogen-bond acceptors (Lipinski definition) is 2. The summed E-state index contributed by atoms with van der Waals surface area (Å²) in [5.41, 5.74) is 6.88. The van der Waals surface area contributed by atoms with E-state index in [4.69, 9.17) is 17.3 Å². The first-order valence-electron chi connectivity index (χ1n) is 7.62. The van der Waals surface area contributed by atoms with E-state index in [2.05, 4.69) is 10.6 Å². The van der Waals surface area contributed by atoms with Crippen LogP contribution in [0.2, 0.25) is 5.02 Å². The predicted octanol–water partition coefficient (Wildman–Crippen LogP) is 3.32. The highest BCUT2D eigenvalue weighted by molar-refractivity contribution is 6.31. The van der Waals surface area contributed by atoms with Gasteiger partial charge in [-0.25, -0.2) is 4.79 Å². The van der Waals surface area contributed by atoms with Crippen molar-refractivity contribution >= 4 is 23.5 Å². The van der Waals surface area contributed by atoms with Gasteiger partial charge in [-0.15, -0.1) is 0 Å². The third-order valence-corrected chi connectivity index (χ3v) is 4.01. The van der Waals surface area contributed by atoms with Gasteiger partial charge in [0.1, 0.15) is 0 Å². The zero-order chi connectivity index (χ0) is 17.5. The van der Waals surface area contributed by atoms with Crippen LogP contribution in [-0.4, -0.2) is 11.9 Å². The highest BCUT2D eigenvalue weighted by Crippen LogP contribution is 2.25. The Morgan fingerprint density at radius 3 is 2.29 bits per heavy atom. The second-order valence-electron chi connectivity index (χ2n) is 5.49. The number of carbonyl (C=O) groups excluding carboxylic acids is 2. The van der Waals surface area contributed by atoms with Gasteiger partial charge in [-0.1, -0.05) is 60.1 Å². The predicted molar refractivity (Wildman–Crippen MR) is 94.5 cm³/mol. The van der Waals surface area contributed by atoms with Gasteiger partial charge >= 0.3 is 6.03 Å². The van der Waals surface area contributed by atoms with Crippen LogP contribution in [0.3, 0.4) is 0 Å². The van der Waals surface area contributed by atoms with E-state index < -0.39 is 12.1 Å². The van der Waals surface area contributed by atoms with E-state index in [1.807, 2.05) is 37.3 Å². The Morgan fingerprint density at radius 2 is 1.67 bits per heavy atom. The van der Waals surface area contributed by atoms with Crippen LogP contribution in [0.25, 0.3) is 0 Å². The van der Waals surface area contributed by atoms with E-state index in [-0.39, 0.29) is 18.4 Å². The third kappa shape index (κ3) is 4.99. The summed E-state index contributed by atoms with van der Waals surface area (Å²) in [7, 11) is 0. The van der Waals surface area contributed by atoms with Crippen molar-refractivity contribution in [3.63, 3.8) is 0 Å². The lowest BCUT2D eigenvalue weighted by Gasteiger charge is -2.21. The number of rotatable bonds is 6. The molecule has 0 heterocycles. The van der Waals surface area contributed by atoms with Gasteiger partial charge < -0.3 is 16.4 Å². The van der Waals surface area contributed by atoms with Gasteiger partial charge in [0.05, 0.1) is 18.5 Å². The summed E-state index contributed by atoms with van der Waals surface area (Å²) in [6, 6.07) is 15.2. The second-order valence-corrected chi connectivity index (χ2v) is 5.89. The van der Waals surface area contributed by atoms with Crippen molar-refractivity contribution in [2.45, 2.75) is 25.4 Å². The molecule has 4 N–H and O–H groups in total. The number of primary amides is 1. The van der Waals surface area contributed by atoms with Crippen LogP contribution < -0.4 is 16.4 Å². The van der Waals surface area contributed by atoms with E-state index in [9.17, 15) is 9.59 Å². The third-order valence-electron chi connectivity index (χ3n) is 3.66. The minimum Gasteiger partial charge on any atom is -0.352 e. The number of urea groups is 1. The molecular weight excluding hydrogens is 326 g/mol. The molecule has 2 aromatic carbocycles. The fraction of sp³-hybridized carbons (Fsp3) is 0.222. The van der Waals surface area contributed by atoms with Crippen molar-refractivity contribution in [2.75, 3.05) is 0 Å². The van der Waals surface area contributed by atoms with Gasteiger partial charge in [0, 0.05) is 5.02 Å².